The molecule has 0 aliphatic carbocycles. The molecule has 1 aliphatic heterocycles. The van der Waals surface area contributed by atoms with Gasteiger partial charge in [-0.25, -0.2) is 4.89 Å². The molecular weight excluding hydrogens is 378 g/mol. The lowest BCUT2D eigenvalue weighted by molar-refractivity contribution is -0.535. The molecule has 4 N–H and O–H groups in total. The summed E-state index contributed by atoms with van der Waals surface area (Å²) in [5, 5.41) is 36.3. The van der Waals surface area contributed by atoms with E-state index in [4.69, 9.17) is 29.1 Å². The molecule has 1 saturated heterocycles. The highest BCUT2D eigenvalue weighted by molar-refractivity contribution is 5.81. The molecule has 1 aliphatic rings. The van der Waals surface area contributed by atoms with Crippen LogP contribution in [0.3, 0.4) is 0 Å². The molecular formula is C17H31NO10. The maximum absolute atomic E-state index is 12.6. The summed E-state index contributed by atoms with van der Waals surface area (Å²) in [6.45, 7) is 5.89. The molecule has 1 unspecified atom stereocenters. The third-order valence-electron chi connectivity index (χ3n) is 3.75. The molecule has 11 nitrogen and oxygen atoms in total. The van der Waals surface area contributed by atoms with E-state index < -0.39 is 36.9 Å². The summed E-state index contributed by atoms with van der Waals surface area (Å²) in [6.07, 6.45) is -4.31. The topological polar surface area (TPSA) is 145 Å². The number of aliphatic hydroxyl groups is 3. The van der Waals surface area contributed by atoms with E-state index >= 15 is 0 Å². The van der Waals surface area contributed by atoms with Crippen LogP contribution in [0.25, 0.3) is 0 Å². The quantitative estimate of drug-likeness (QED) is 0.190. The number of carbonyl (C=O) groups is 1. The van der Waals surface area contributed by atoms with E-state index in [9.17, 15) is 15.0 Å². The van der Waals surface area contributed by atoms with Crippen LogP contribution in [-0.2, 0) is 33.8 Å². The molecule has 5 atom stereocenters. The maximum atomic E-state index is 12.6. The van der Waals surface area contributed by atoms with Crippen LogP contribution in [0.4, 0.5) is 0 Å². The molecule has 0 aromatic heterocycles. The van der Waals surface area contributed by atoms with Crippen molar-refractivity contribution in [3.05, 3.63) is 12.7 Å². The van der Waals surface area contributed by atoms with Gasteiger partial charge in [0.25, 0.3) is 5.91 Å². The van der Waals surface area contributed by atoms with Gasteiger partial charge >= 0.3 is 0 Å². The van der Waals surface area contributed by atoms with Gasteiger partial charge in [0, 0.05) is 13.2 Å². The molecule has 1 amide bonds. The van der Waals surface area contributed by atoms with Crippen molar-refractivity contribution in [3.8, 4) is 0 Å². The van der Waals surface area contributed by atoms with Crippen LogP contribution in [0.1, 0.15) is 13.3 Å². The van der Waals surface area contributed by atoms with Gasteiger partial charge in [-0.2, -0.15) is 4.89 Å². The molecule has 0 aromatic rings. The molecule has 1 heterocycles. The predicted molar refractivity (Wildman–Crippen MR) is 94.8 cm³/mol. The van der Waals surface area contributed by atoms with Crippen LogP contribution in [0.2, 0.25) is 0 Å². The van der Waals surface area contributed by atoms with E-state index in [1.165, 1.54) is 0 Å². The van der Waals surface area contributed by atoms with E-state index in [1.54, 1.807) is 13.0 Å². The van der Waals surface area contributed by atoms with Crippen LogP contribution in [0, 0.1) is 0 Å². The monoisotopic (exact) mass is 409 g/mol. The van der Waals surface area contributed by atoms with Crippen molar-refractivity contribution in [1.82, 2.24) is 5.32 Å². The SMILES string of the molecule is C=CCOCCCNC(=O)[C@@H]1OCC(C)OCCOOO[C@H]1[C@H](O)[C@H](O)CO. The van der Waals surface area contributed by atoms with Crippen LogP contribution in [0.15, 0.2) is 12.7 Å². The Kier molecular flexibility index (Phi) is 13.1. The minimum atomic E-state index is -1.68. The zero-order valence-electron chi connectivity index (χ0n) is 16.0. The highest BCUT2D eigenvalue weighted by atomic mass is 17.5. The average molecular weight is 409 g/mol. The third-order valence-corrected chi connectivity index (χ3v) is 3.75. The molecule has 11 heteroatoms. The first-order valence-electron chi connectivity index (χ1n) is 9.12. The Labute approximate surface area is 164 Å². The third kappa shape index (κ3) is 9.37. The Morgan fingerprint density at radius 1 is 1.36 bits per heavy atom. The second-order valence-corrected chi connectivity index (χ2v) is 6.13. The Morgan fingerprint density at radius 3 is 2.86 bits per heavy atom. The number of rotatable bonds is 10. The molecule has 0 radical (unpaired) electrons. The van der Waals surface area contributed by atoms with Crippen LogP contribution in [-0.4, -0.2) is 97.9 Å². The summed E-state index contributed by atoms with van der Waals surface area (Å²) in [5.74, 6) is -0.604. The molecule has 0 bridgehead atoms. The first kappa shape index (κ1) is 24.9. The second kappa shape index (κ2) is 14.8. The van der Waals surface area contributed by atoms with Crippen molar-refractivity contribution in [2.45, 2.75) is 43.9 Å². The molecule has 1 rings (SSSR count). The van der Waals surface area contributed by atoms with Gasteiger partial charge in [0.05, 0.1) is 32.5 Å². The van der Waals surface area contributed by atoms with Crippen molar-refractivity contribution in [1.29, 1.82) is 0 Å². The number of hydrogen-bond donors (Lipinski definition) is 4. The number of hydrogen-bond acceptors (Lipinski definition) is 10. The van der Waals surface area contributed by atoms with Gasteiger partial charge in [-0.05, 0) is 13.3 Å². The highest BCUT2D eigenvalue weighted by Crippen LogP contribution is 2.15. The molecule has 28 heavy (non-hydrogen) atoms. The van der Waals surface area contributed by atoms with Crippen LogP contribution < -0.4 is 5.32 Å². The zero-order valence-corrected chi connectivity index (χ0v) is 16.0. The standard InChI is InChI=1S/C17H31NO10/c1-3-6-23-7-4-5-18-17(22)16-15(14(21)13(20)10-19)27-28-26-9-8-24-12(2)11-25-16/h3,12-16,19-21H,1,4-11H2,2H3,(H,18,22)/t12?,13-,14-,15+,16-/m1/s1. The van der Waals surface area contributed by atoms with Gasteiger partial charge in [-0.15, -0.1) is 6.58 Å². The fourth-order valence-corrected chi connectivity index (χ4v) is 2.26. The fraction of sp³-hybridized carbons (Fsp3) is 0.824. The normalized spacial score (nSPS) is 26.6. The number of ether oxygens (including phenoxy) is 3. The van der Waals surface area contributed by atoms with Gasteiger partial charge in [0.1, 0.15) is 18.8 Å². The number of amides is 1. The second-order valence-electron chi connectivity index (χ2n) is 6.13. The lowest BCUT2D eigenvalue weighted by Gasteiger charge is -2.30. The van der Waals surface area contributed by atoms with Crippen molar-refractivity contribution >= 4 is 5.91 Å². The summed E-state index contributed by atoms with van der Waals surface area (Å²) in [6, 6.07) is 0. The summed E-state index contributed by atoms with van der Waals surface area (Å²) in [5.41, 5.74) is 0. The molecule has 0 saturated carbocycles. The lowest BCUT2D eigenvalue weighted by Crippen LogP contribution is -2.54. The maximum Gasteiger partial charge on any atom is 0.252 e. The highest BCUT2D eigenvalue weighted by Gasteiger charge is 2.40. The van der Waals surface area contributed by atoms with Crippen molar-refractivity contribution in [2.24, 2.45) is 0 Å². The summed E-state index contributed by atoms with van der Waals surface area (Å²) < 4.78 is 16.2. The van der Waals surface area contributed by atoms with Gasteiger partial charge in [-0.3, -0.25) is 4.79 Å². The fourth-order valence-electron chi connectivity index (χ4n) is 2.26. The first-order chi connectivity index (χ1) is 13.5. The number of nitrogens with one attached hydrogen (secondary N) is 1. The van der Waals surface area contributed by atoms with Gasteiger partial charge in [0.2, 0.25) is 0 Å². The summed E-state index contributed by atoms with van der Waals surface area (Å²) >= 11 is 0. The molecule has 164 valence electrons. The smallest absolute Gasteiger partial charge is 0.252 e. The van der Waals surface area contributed by atoms with E-state index in [1.807, 2.05) is 0 Å². The van der Waals surface area contributed by atoms with Crippen LogP contribution >= 0.6 is 0 Å². The molecule has 0 aromatic carbocycles. The van der Waals surface area contributed by atoms with Crippen molar-refractivity contribution in [3.63, 3.8) is 0 Å². The van der Waals surface area contributed by atoms with E-state index in [-0.39, 0.29) is 32.5 Å². The number of carbonyl (C=O) groups excluding carboxylic acids is 1. The van der Waals surface area contributed by atoms with E-state index in [0.717, 1.165) is 0 Å². The molecule has 0 spiro atoms. The van der Waals surface area contributed by atoms with E-state index in [0.29, 0.717) is 19.6 Å². The average Bonchev–Trinajstić information content (AvgIpc) is 2.73. The summed E-state index contributed by atoms with van der Waals surface area (Å²) in [7, 11) is 0. The zero-order chi connectivity index (χ0) is 20.8. The Bertz CT molecular complexity index is 438. The van der Waals surface area contributed by atoms with Gasteiger partial charge in [-0.1, -0.05) is 11.1 Å². The molecule has 1 fully saturated rings. The number of aliphatic hydroxyl groups excluding tert-OH is 3. The summed E-state index contributed by atoms with van der Waals surface area (Å²) in [4.78, 5) is 22.3. The first-order valence-corrected chi connectivity index (χ1v) is 9.12. The Balaban J connectivity index is 2.77. The minimum Gasteiger partial charge on any atom is -0.394 e. The Hall–Kier alpha value is -1.15. The van der Waals surface area contributed by atoms with Crippen molar-refractivity contribution in [2.75, 3.05) is 46.2 Å². The largest absolute Gasteiger partial charge is 0.394 e. The van der Waals surface area contributed by atoms with Crippen molar-refractivity contribution < 1.29 is 49.1 Å². The predicted octanol–water partition coefficient (Wildman–Crippen LogP) is -1.54. The minimum absolute atomic E-state index is 0.0162. The lowest BCUT2D eigenvalue weighted by atomic mass is 10.0. The van der Waals surface area contributed by atoms with Crippen LogP contribution in [0.5, 0.6) is 0 Å². The van der Waals surface area contributed by atoms with Gasteiger partial charge in [0.15, 0.2) is 12.2 Å². The van der Waals surface area contributed by atoms with E-state index in [2.05, 4.69) is 16.9 Å². The van der Waals surface area contributed by atoms with Gasteiger partial charge < -0.3 is 34.8 Å². The Morgan fingerprint density at radius 2 is 2.14 bits per heavy atom.